The number of aromatic nitrogens is 5. The van der Waals surface area contributed by atoms with E-state index >= 15 is 0 Å². The van der Waals surface area contributed by atoms with Crippen LogP contribution in [0.4, 0.5) is 5.95 Å². The van der Waals surface area contributed by atoms with E-state index < -0.39 is 0 Å². The molecule has 0 saturated carbocycles. The minimum atomic E-state index is 0.187. The molecule has 0 unspecified atom stereocenters. The Labute approximate surface area is 164 Å². The lowest BCUT2D eigenvalue weighted by molar-refractivity contribution is 0.417. The first-order chi connectivity index (χ1) is 13.1. The first-order valence-corrected chi connectivity index (χ1v) is 8.70. The zero-order valence-electron chi connectivity index (χ0n) is 14.1. The number of anilines is 1. The minimum Gasteiger partial charge on any atom is -0.492 e. The number of rotatable bonds is 4. The maximum absolute atomic E-state index is 6.42. The predicted molar refractivity (Wildman–Crippen MR) is 105 cm³/mol. The molecule has 0 amide bonds. The molecule has 9 heteroatoms. The largest absolute Gasteiger partial charge is 0.492 e. The number of nitrogens with one attached hydrogen (secondary N) is 1. The van der Waals surface area contributed by atoms with Crippen LogP contribution >= 0.6 is 23.2 Å². The Balaban J connectivity index is 2.03. The van der Waals surface area contributed by atoms with Crippen molar-refractivity contribution in [1.82, 2.24) is 25.0 Å². The molecule has 136 valence electrons. The molecule has 0 saturated heterocycles. The van der Waals surface area contributed by atoms with Gasteiger partial charge >= 0.3 is 0 Å². The van der Waals surface area contributed by atoms with E-state index in [1.807, 2.05) is 30.3 Å². The highest BCUT2D eigenvalue weighted by Crippen LogP contribution is 2.40. The molecular weight excluding hydrogens is 387 g/mol. The van der Waals surface area contributed by atoms with Gasteiger partial charge in [0.05, 0.1) is 17.8 Å². The number of benzene rings is 2. The summed E-state index contributed by atoms with van der Waals surface area (Å²) in [5, 5.41) is 12.6. The Morgan fingerprint density at radius 3 is 2.44 bits per heavy atom. The number of hydrogen-bond donors (Lipinski definition) is 2. The number of para-hydroxylation sites is 1. The van der Waals surface area contributed by atoms with Crippen molar-refractivity contribution >= 4 is 29.2 Å². The second-order valence-electron chi connectivity index (χ2n) is 5.64. The summed E-state index contributed by atoms with van der Waals surface area (Å²) in [6, 6.07) is 14.7. The van der Waals surface area contributed by atoms with E-state index in [4.69, 9.17) is 33.7 Å². The average Bonchev–Trinajstić information content (AvgIpc) is 3.26. The lowest BCUT2D eigenvalue weighted by Crippen LogP contribution is -2.00. The predicted octanol–water partition coefficient (Wildman–Crippen LogP) is 4.22. The number of methoxy groups -OCH3 is 1. The summed E-state index contributed by atoms with van der Waals surface area (Å²) in [5.74, 6) is 1.01. The topological polar surface area (TPSA) is 94.6 Å². The molecule has 2 aromatic carbocycles. The smallest absolute Gasteiger partial charge is 0.216 e. The van der Waals surface area contributed by atoms with Crippen LogP contribution in [0.15, 0.2) is 48.5 Å². The zero-order valence-corrected chi connectivity index (χ0v) is 15.7. The first kappa shape index (κ1) is 17.4. The van der Waals surface area contributed by atoms with Gasteiger partial charge in [0.2, 0.25) is 11.8 Å². The number of halogens is 2. The van der Waals surface area contributed by atoms with E-state index in [0.29, 0.717) is 38.7 Å². The third-order valence-electron chi connectivity index (χ3n) is 3.96. The van der Waals surface area contributed by atoms with Crippen LogP contribution < -0.4 is 10.5 Å². The Morgan fingerprint density at radius 1 is 1.07 bits per heavy atom. The van der Waals surface area contributed by atoms with E-state index in [1.165, 1.54) is 0 Å². The molecule has 2 heterocycles. The Morgan fingerprint density at radius 2 is 1.81 bits per heavy atom. The maximum Gasteiger partial charge on any atom is 0.216 e. The fourth-order valence-electron chi connectivity index (χ4n) is 2.78. The summed E-state index contributed by atoms with van der Waals surface area (Å²) in [6.07, 6.45) is 0. The highest BCUT2D eigenvalue weighted by atomic mass is 35.5. The van der Waals surface area contributed by atoms with Crippen molar-refractivity contribution < 1.29 is 4.74 Å². The zero-order chi connectivity index (χ0) is 19.0. The van der Waals surface area contributed by atoms with Crippen molar-refractivity contribution in [2.75, 3.05) is 12.8 Å². The lowest BCUT2D eigenvalue weighted by Gasteiger charge is -2.10. The molecule has 27 heavy (non-hydrogen) atoms. The SMILES string of the molecule is COc1c(-c2n[nH]c(N)n2)nn(-c2ccccc2Cl)c1-c1ccc(Cl)cc1. The van der Waals surface area contributed by atoms with Gasteiger partial charge in [-0.15, -0.1) is 0 Å². The molecule has 0 radical (unpaired) electrons. The third-order valence-corrected chi connectivity index (χ3v) is 4.53. The van der Waals surface area contributed by atoms with Gasteiger partial charge in [0.25, 0.3) is 0 Å². The number of hydrogen-bond acceptors (Lipinski definition) is 5. The molecule has 2 aromatic heterocycles. The number of aromatic amines is 1. The second-order valence-corrected chi connectivity index (χ2v) is 6.49. The van der Waals surface area contributed by atoms with Crippen molar-refractivity contribution in [2.24, 2.45) is 0 Å². The average molecular weight is 401 g/mol. The fourth-order valence-corrected chi connectivity index (χ4v) is 3.12. The Kier molecular flexibility index (Phi) is 4.47. The third kappa shape index (κ3) is 3.11. The summed E-state index contributed by atoms with van der Waals surface area (Å²) in [4.78, 5) is 4.17. The van der Waals surface area contributed by atoms with Gasteiger partial charge in [0.15, 0.2) is 11.4 Å². The van der Waals surface area contributed by atoms with E-state index in [0.717, 1.165) is 5.56 Å². The van der Waals surface area contributed by atoms with Crippen LogP contribution in [-0.2, 0) is 0 Å². The number of nitrogens with zero attached hydrogens (tertiary/aromatic N) is 4. The van der Waals surface area contributed by atoms with Gasteiger partial charge in [-0.05, 0) is 24.3 Å². The number of nitrogen functional groups attached to an aromatic ring is 1. The molecule has 0 aliphatic rings. The molecule has 3 N–H and O–H groups in total. The Bertz CT molecular complexity index is 1100. The van der Waals surface area contributed by atoms with Crippen molar-refractivity contribution in [1.29, 1.82) is 0 Å². The van der Waals surface area contributed by atoms with Crippen LogP contribution in [0.25, 0.3) is 28.5 Å². The van der Waals surface area contributed by atoms with E-state index in [-0.39, 0.29) is 5.95 Å². The van der Waals surface area contributed by atoms with Crippen LogP contribution in [0.5, 0.6) is 5.75 Å². The van der Waals surface area contributed by atoms with Gasteiger partial charge < -0.3 is 10.5 Å². The second kappa shape index (κ2) is 6.94. The normalized spacial score (nSPS) is 10.9. The molecule has 0 bridgehead atoms. The van der Waals surface area contributed by atoms with Crippen molar-refractivity contribution in [3.63, 3.8) is 0 Å². The molecule has 0 spiro atoms. The summed E-state index contributed by atoms with van der Waals surface area (Å²) in [5.41, 5.74) is 8.35. The molecule has 0 fully saturated rings. The van der Waals surface area contributed by atoms with Gasteiger partial charge in [0.1, 0.15) is 5.69 Å². The summed E-state index contributed by atoms with van der Waals surface area (Å²) in [6.45, 7) is 0. The Hall–Kier alpha value is -3.03. The minimum absolute atomic E-state index is 0.187. The highest BCUT2D eigenvalue weighted by molar-refractivity contribution is 6.32. The number of nitrogens with two attached hydrogens (primary N) is 1. The monoisotopic (exact) mass is 400 g/mol. The van der Waals surface area contributed by atoms with Crippen LogP contribution in [0.1, 0.15) is 0 Å². The number of ether oxygens (including phenoxy) is 1. The van der Waals surface area contributed by atoms with E-state index in [1.54, 1.807) is 30.0 Å². The van der Waals surface area contributed by atoms with Crippen molar-refractivity contribution in [2.45, 2.75) is 0 Å². The highest BCUT2D eigenvalue weighted by Gasteiger charge is 2.25. The van der Waals surface area contributed by atoms with Gasteiger partial charge in [-0.3, -0.25) is 0 Å². The maximum atomic E-state index is 6.42. The molecule has 4 aromatic rings. The van der Waals surface area contributed by atoms with Crippen LogP contribution in [-0.4, -0.2) is 32.1 Å². The van der Waals surface area contributed by atoms with Crippen molar-refractivity contribution in [3.8, 4) is 34.2 Å². The van der Waals surface area contributed by atoms with Crippen molar-refractivity contribution in [3.05, 3.63) is 58.6 Å². The molecule has 7 nitrogen and oxygen atoms in total. The number of H-pyrrole nitrogens is 1. The van der Waals surface area contributed by atoms with Crippen LogP contribution in [0.3, 0.4) is 0 Å². The molecule has 0 atom stereocenters. The summed E-state index contributed by atoms with van der Waals surface area (Å²) < 4.78 is 7.37. The van der Waals surface area contributed by atoms with E-state index in [2.05, 4.69) is 20.3 Å². The van der Waals surface area contributed by atoms with Crippen LogP contribution in [0.2, 0.25) is 10.0 Å². The first-order valence-electron chi connectivity index (χ1n) is 7.94. The fraction of sp³-hybridized carbons (Fsp3) is 0.0556. The summed E-state index contributed by atoms with van der Waals surface area (Å²) >= 11 is 12.5. The molecule has 4 rings (SSSR count). The molecular formula is C18H14Cl2N6O. The summed E-state index contributed by atoms with van der Waals surface area (Å²) in [7, 11) is 1.56. The quantitative estimate of drug-likeness (QED) is 0.534. The van der Waals surface area contributed by atoms with Crippen LogP contribution in [0, 0.1) is 0 Å². The van der Waals surface area contributed by atoms with Gasteiger partial charge in [-0.25, -0.2) is 9.78 Å². The van der Waals surface area contributed by atoms with E-state index in [9.17, 15) is 0 Å². The molecule has 0 aliphatic carbocycles. The van der Waals surface area contributed by atoms with Gasteiger partial charge in [-0.2, -0.15) is 15.2 Å². The lowest BCUT2D eigenvalue weighted by atomic mass is 10.1. The van der Waals surface area contributed by atoms with Gasteiger partial charge in [0, 0.05) is 10.6 Å². The standard InChI is InChI=1S/C18H14Cl2N6O/c1-27-16-14(17-22-18(21)24-23-17)25-26(13-5-3-2-4-12(13)20)15(16)10-6-8-11(19)9-7-10/h2-9H,1H3,(H3,21,22,23,24). The van der Waals surface area contributed by atoms with Gasteiger partial charge in [-0.1, -0.05) is 47.5 Å². The molecule has 0 aliphatic heterocycles.